The third kappa shape index (κ3) is 3.62. The molecule has 1 heterocycles. The SMILES string of the molecule is CC(O)(CN=C(N)N1CCOCC1)c1ccccc1Cl. The van der Waals surface area contributed by atoms with Crippen molar-refractivity contribution >= 4 is 17.6 Å². The van der Waals surface area contributed by atoms with E-state index < -0.39 is 5.60 Å². The summed E-state index contributed by atoms with van der Waals surface area (Å²) < 4.78 is 5.26. The molecule has 0 bridgehead atoms. The van der Waals surface area contributed by atoms with Crippen molar-refractivity contribution < 1.29 is 9.84 Å². The molecule has 1 unspecified atom stereocenters. The van der Waals surface area contributed by atoms with Crippen LogP contribution in [0.25, 0.3) is 0 Å². The quantitative estimate of drug-likeness (QED) is 0.649. The average Bonchev–Trinajstić information content (AvgIpc) is 2.46. The Morgan fingerprint density at radius 3 is 2.75 bits per heavy atom. The number of guanidine groups is 1. The number of aliphatic imine (C=N–C) groups is 1. The van der Waals surface area contributed by atoms with E-state index in [4.69, 9.17) is 22.1 Å². The van der Waals surface area contributed by atoms with Gasteiger partial charge in [0.2, 0.25) is 0 Å². The number of aliphatic hydroxyl groups is 1. The Hall–Kier alpha value is -1.30. The van der Waals surface area contributed by atoms with Crippen LogP contribution >= 0.6 is 11.6 Å². The number of nitrogens with two attached hydrogens (primary N) is 1. The van der Waals surface area contributed by atoms with Crippen LogP contribution in [0.5, 0.6) is 0 Å². The van der Waals surface area contributed by atoms with Gasteiger partial charge in [0.15, 0.2) is 5.96 Å². The molecule has 1 aromatic carbocycles. The third-order valence-corrected chi connectivity index (χ3v) is 3.67. The van der Waals surface area contributed by atoms with Gasteiger partial charge in [-0.2, -0.15) is 0 Å². The number of halogens is 1. The number of morpholine rings is 1. The van der Waals surface area contributed by atoms with Gasteiger partial charge in [-0.3, -0.25) is 0 Å². The Kier molecular flexibility index (Phi) is 4.86. The Morgan fingerprint density at radius 1 is 1.45 bits per heavy atom. The van der Waals surface area contributed by atoms with E-state index in [1.165, 1.54) is 0 Å². The van der Waals surface area contributed by atoms with Crippen LogP contribution in [0.3, 0.4) is 0 Å². The molecule has 3 N–H and O–H groups in total. The van der Waals surface area contributed by atoms with Crippen LogP contribution in [-0.2, 0) is 10.3 Å². The molecule has 110 valence electrons. The van der Waals surface area contributed by atoms with Crippen LogP contribution in [-0.4, -0.2) is 48.8 Å². The van der Waals surface area contributed by atoms with Gasteiger partial charge in [0, 0.05) is 23.7 Å². The van der Waals surface area contributed by atoms with Crippen molar-refractivity contribution in [2.45, 2.75) is 12.5 Å². The van der Waals surface area contributed by atoms with Gasteiger partial charge in [-0.15, -0.1) is 0 Å². The fourth-order valence-corrected chi connectivity index (χ4v) is 2.45. The number of benzene rings is 1. The first kappa shape index (κ1) is 15.1. The summed E-state index contributed by atoms with van der Waals surface area (Å²) in [5.74, 6) is 0.431. The van der Waals surface area contributed by atoms with E-state index >= 15 is 0 Å². The molecule has 0 aromatic heterocycles. The smallest absolute Gasteiger partial charge is 0.191 e. The fourth-order valence-electron chi connectivity index (χ4n) is 2.11. The third-order valence-electron chi connectivity index (χ3n) is 3.34. The van der Waals surface area contributed by atoms with Gasteiger partial charge in [0.05, 0.1) is 19.8 Å². The Morgan fingerprint density at radius 2 is 2.10 bits per heavy atom. The van der Waals surface area contributed by atoms with Crippen molar-refractivity contribution in [3.05, 3.63) is 34.9 Å². The van der Waals surface area contributed by atoms with Crippen LogP contribution < -0.4 is 5.73 Å². The number of nitrogens with zero attached hydrogens (tertiary/aromatic N) is 2. The zero-order valence-electron chi connectivity index (χ0n) is 11.6. The maximum atomic E-state index is 10.5. The number of hydrogen-bond acceptors (Lipinski definition) is 3. The molecule has 0 aliphatic carbocycles. The van der Waals surface area contributed by atoms with Crippen molar-refractivity contribution in [2.24, 2.45) is 10.7 Å². The van der Waals surface area contributed by atoms with E-state index in [-0.39, 0.29) is 6.54 Å². The van der Waals surface area contributed by atoms with E-state index in [1.54, 1.807) is 19.1 Å². The number of rotatable bonds is 3. The molecule has 0 spiro atoms. The van der Waals surface area contributed by atoms with Gasteiger partial charge in [-0.25, -0.2) is 4.99 Å². The highest BCUT2D eigenvalue weighted by Crippen LogP contribution is 2.27. The lowest BCUT2D eigenvalue weighted by molar-refractivity contribution is 0.0618. The molecule has 1 aliphatic heterocycles. The summed E-state index contributed by atoms with van der Waals surface area (Å²) in [4.78, 5) is 6.24. The maximum Gasteiger partial charge on any atom is 0.191 e. The van der Waals surface area contributed by atoms with Crippen molar-refractivity contribution in [3.63, 3.8) is 0 Å². The average molecular weight is 298 g/mol. The maximum absolute atomic E-state index is 10.5. The van der Waals surface area contributed by atoms with E-state index in [0.29, 0.717) is 29.8 Å². The molecule has 0 saturated carbocycles. The molecule has 1 atom stereocenters. The normalized spacial score (nSPS) is 19.8. The zero-order chi connectivity index (χ0) is 14.6. The topological polar surface area (TPSA) is 71.1 Å². The Bertz CT molecular complexity index is 485. The number of ether oxygens (including phenoxy) is 1. The van der Waals surface area contributed by atoms with Gasteiger partial charge in [0.1, 0.15) is 5.60 Å². The largest absolute Gasteiger partial charge is 0.383 e. The molecule has 0 radical (unpaired) electrons. The molecule has 2 rings (SSSR count). The first-order valence-electron chi connectivity index (χ1n) is 6.61. The minimum atomic E-state index is -1.14. The molecule has 20 heavy (non-hydrogen) atoms. The fraction of sp³-hybridized carbons (Fsp3) is 0.500. The summed E-state index contributed by atoms with van der Waals surface area (Å²) in [6, 6.07) is 7.21. The zero-order valence-corrected chi connectivity index (χ0v) is 12.3. The second-order valence-electron chi connectivity index (χ2n) is 5.03. The predicted molar refractivity (Wildman–Crippen MR) is 79.9 cm³/mol. The molecular formula is C14H20ClN3O2. The van der Waals surface area contributed by atoms with Gasteiger partial charge in [0.25, 0.3) is 0 Å². The lowest BCUT2D eigenvalue weighted by Gasteiger charge is -2.29. The second kappa shape index (κ2) is 6.43. The molecule has 1 saturated heterocycles. The van der Waals surface area contributed by atoms with Gasteiger partial charge in [-0.05, 0) is 13.0 Å². The lowest BCUT2D eigenvalue weighted by Crippen LogP contribution is -2.45. The summed E-state index contributed by atoms with van der Waals surface area (Å²) >= 11 is 6.11. The molecule has 1 fully saturated rings. The van der Waals surface area contributed by atoms with Crippen LogP contribution in [0.15, 0.2) is 29.3 Å². The van der Waals surface area contributed by atoms with Crippen LogP contribution in [0.1, 0.15) is 12.5 Å². The highest BCUT2D eigenvalue weighted by molar-refractivity contribution is 6.31. The monoisotopic (exact) mass is 297 g/mol. The second-order valence-corrected chi connectivity index (χ2v) is 5.43. The molecule has 1 aromatic rings. The van der Waals surface area contributed by atoms with Crippen LogP contribution in [0.4, 0.5) is 0 Å². The first-order chi connectivity index (χ1) is 9.50. The van der Waals surface area contributed by atoms with E-state index in [9.17, 15) is 5.11 Å². The van der Waals surface area contributed by atoms with Crippen molar-refractivity contribution in [1.29, 1.82) is 0 Å². The summed E-state index contributed by atoms with van der Waals surface area (Å²) in [6.07, 6.45) is 0. The number of hydrogen-bond donors (Lipinski definition) is 2. The lowest BCUT2D eigenvalue weighted by atomic mass is 9.96. The Labute approximate surface area is 124 Å². The highest BCUT2D eigenvalue weighted by Gasteiger charge is 2.25. The van der Waals surface area contributed by atoms with Crippen molar-refractivity contribution in [2.75, 3.05) is 32.8 Å². The Balaban J connectivity index is 2.06. The predicted octanol–water partition coefficient (Wildman–Crippen LogP) is 1.19. The van der Waals surface area contributed by atoms with Gasteiger partial charge in [-0.1, -0.05) is 29.8 Å². The minimum Gasteiger partial charge on any atom is -0.383 e. The summed E-state index contributed by atoms with van der Waals surface area (Å²) in [7, 11) is 0. The molecule has 5 nitrogen and oxygen atoms in total. The molecule has 6 heteroatoms. The molecule has 0 amide bonds. The standard InChI is InChI=1S/C14H20ClN3O2/c1-14(19,11-4-2-3-5-12(11)15)10-17-13(16)18-6-8-20-9-7-18/h2-5,19H,6-10H2,1H3,(H2,16,17). The molecule has 1 aliphatic rings. The van der Waals surface area contributed by atoms with E-state index in [0.717, 1.165) is 13.1 Å². The molecular weight excluding hydrogens is 278 g/mol. The van der Waals surface area contributed by atoms with Crippen LogP contribution in [0.2, 0.25) is 5.02 Å². The summed E-state index contributed by atoms with van der Waals surface area (Å²) in [5.41, 5.74) is 5.46. The highest BCUT2D eigenvalue weighted by atomic mass is 35.5. The first-order valence-corrected chi connectivity index (χ1v) is 6.98. The minimum absolute atomic E-state index is 0.167. The van der Waals surface area contributed by atoms with E-state index in [2.05, 4.69) is 4.99 Å². The summed E-state index contributed by atoms with van der Waals surface area (Å²) in [6.45, 7) is 4.60. The van der Waals surface area contributed by atoms with Crippen molar-refractivity contribution in [1.82, 2.24) is 4.90 Å². The van der Waals surface area contributed by atoms with Crippen LogP contribution in [0, 0.1) is 0 Å². The van der Waals surface area contributed by atoms with Gasteiger partial charge < -0.3 is 20.5 Å². The van der Waals surface area contributed by atoms with Gasteiger partial charge >= 0.3 is 0 Å². The summed E-state index contributed by atoms with van der Waals surface area (Å²) in [5, 5.41) is 11.0. The van der Waals surface area contributed by atoms with Crippen molar-refractivity contribution in [3.8, 4) is 0 Å². The van der Waals surface area contributed by atoms with E-state index in [1.807, 2.05) is 17.0 Å².